The van der Waals surface area contributed by atoms with Crippen LogP contribution in [-0.4, -0.2) is 26.3 Å². The molecule has 1 aromatic rings. The van der Waals surface area contributed by atoms with Crippen molar-refractivity contribution < 1.29 is 13.2 Å². The van der Waals surface area contributed by atoms with Crippen molar-refractivity contribution in [2.24, 2.45) is 0 Å². The molecular weight excluding hydrogens is 226 g/mol. The second-order valence-electron chi connectivity index (χ2n) is 3.77. The molecule has 0 aliphatic rings. The summed E-state index contributed by atoms with van der Waals surface area (Å²) < 4.78 is 28.1. The Morgan fingerprint density at radius 2 is 2.12 bits per heavy atom. The quantitative estimate of drug-likeness (QED) is 0.742. The molecule has 4 nitrogen and oxygen atoms in total. The number of rotatable bonds is 5. The zero-order chi connectivity index (χ0) is 12.2. The van der Waals surface area contributed by atoms with Crippen molar-refractivity contribution in [1.82, 2.24) is 4.98 Å². The van der Waals surface area contributed by atoms with Crippen LogP contribution < -0.4 is 4.74 Å². The van der Waals surface area contributed by atoms with Gasteiger partial charge in [0, 0.05) is 6.26 Å². The Balaban J connectivity index is 2.83. The second-order valence-corrected chi connectivity index (χ2v) is 5.70. The molecule has 0 saturated heterocycles. The lowest BCUT2D eigenvalue weighted by atomic mass is 10.3. The molecule has 5 heteroatoms. The molecule has 1 rings (SSSR count). The van der Waals surface area contributed by atoms with Crippen LogP contribution in [0.3, 0.4) is 0 Å². The van der Waals surface area contributed by atoms with Crippen LogP contribution in [0.4, 0.5) is 0 Å². The first-order valence-electron chi connectivity index (χ1n) is 5.24. The van der Waals surface area contributed by atoms with E-state index in [1.54, 1.807) is 13.0 Å². The number of hydrogen-bond acceptors (Lipinski definition) is 4. The van der Waals surface area contributed by atoms with Crippen molar-refractivity contribution in [3.05, 3.63) is 17.8 Å². The summed E-state index contributed by atoms with van der Waals surface area (Å²) in [5, 5.41) is 0.121. The van der Waals surface area contributed by atoms with Gasteiger partial charge in [-0.3, -0.25) is 0 Å². The molecule has 90 valence electrons. The molecule has 1 aromatic heterocycles. The van der Waals surface area contributed by atoms with E-state index in [2.05, 4.69) is 11.9 Å². The fourth-order valence-electron chi connectivity index (χ4n) is 1.34. The van der Waals surface area contributed by atoms with Crippen LogP contribution >= 0.6 is 0 Å². The summed E-state index contributed by atoms with van der Waals surface area (Å²) in [5.41, 5.74) is 0.622. The van der Waals surface area contributed by atoms with Gasteiger partial charge in [-0.25, -0.2) is 13.4 Å². The number of pyridine rings is 1. The fraction of sp³-hybridized carbons (Fsp3) is 0.545. The standard InChI is InChI=1S/C11H17NO3S/c1-4-5-6-15-10-7-9(2)11(12-8-10)16(3,13)14/h7-8H,4-6H2,1-3H3. The van der Waals surface area contributed by atoms with Crippen LogP contribution in [0, 0.1) is 6.92 Å². The predicted molar refractivity (Wildman–Crippen MR) is 62.5 cm³/mol. The van der Waals surface area contributed by atoms with Crippen LogP contribution in [0.15, 0.2) is 17.3 Å². The number of aromatic nitrogens is 1. The summed E-state index contributed by atoms with van der Waals surface area (Å²) in [6.07, 6.45) is 4.65. The fourth-order valence-corrected chi connectivity index (χ4v) is 2.23. The van der Waals surface area contributed by atoms with Gasteiger partial charge in [0.1, 0.15) is 5.75 Å². The zero-order valence-corrected chi connectivity index (χ0v) is 10.7. The van der Waals surface area contributed by atoms with Gasteiger partial charge >= 0.3 is 0 Å². The molecule has 16 heavy (non-hydrogen) atoms. The normalized spacial score (nSPS) is 11.4. The molecule has 0 radical (unpaired) electrons. The zero-order valence-electron chi connectivity index (χ0n) is 9.86. The van der Waals surface area contributed by atoms with E-state index in [1.807, 2.05) is 0 Å². The van der Waals surface area contributed by atoms with Gasteiger partial charge in [0.05, 0.1) is 12.8 Å². The highest BCUT2D eigenvalue weighted by Gasteiger charge is 2.12. The van der Waals surface area contributed by atoms with E-state index in [0.717, 1.165) is 19.1 Å². The number of sulfone groups is 1. The third-order valence-corrected chi connectivity index (χ3v) is 3.25. The summed E-state index contributed by atoms with van der Waals surface area (Å²) in [5.74, 6) is 0.623. The van der Waals surface area contributed by atoms with Crippen LogP contribution in [0.2, 0.25) is 0 Å². The minimum atomic E-state index is -3.24. The lowest BCUT2D eigenvalue weighted by Crippen LogP contribution is -2.04. The van der Waals surface area contributed by atoms with E-state index < -0.39 is 9.84 Å². The largest absolute Gasteiger partial charge is 0.492 e. The van der Waals surface area contributed by atoms with Gasteiger partial charge < -0.3 is 4.74 Å². The highest BCUT2D eigenvalue weighted by molar-refractivity contribution is 7.90. The first-order chi connectivity index (χ1) is 7.45. The number of unbranched alkanes of at least 4 members (excludes halogenated alkanes) is 1. The minimum Gasteiger partial charge on any atom is -0.492 e. The first kappa shape index (κ1) is 13.0. The summed E-state index contributed by atoms with van der Waals surface area (Å²) in [4.78, 5) is 3.92. The van der Waals surface area contributed by atoms with Gasteiger partial charge in [-0.05, 0) is 25.0 Å². The molecular formula is C11H17NO3S. The van der Waals surface area contributed by atoms with Gasteiger partial charge in [-0.1, -0.05) is 13.3 Å². The maximum atomic E-state index is 11.3. The number of hydrogen-bond donors (Lipinski definition) is 0. The molecule has 0 fully saturated rings. The van der Waals surface area contributed by atoms with E-state index in [4.69, 9.17) is 4.74 Å². The Labute approximate surface area is 96.6 Å². The summed E-state index contributed by atoms with van der Waals surface area (Å²) in [6, 6.07) is 1.71. The topological polar surface area (TPSA) is 56.3 Å². The van der Waals surface area contributed by atoms with E-state index >= 15 is 0 Å². The number of aryl methyl sites for hydroxylation is 1. The molecule has 0 bridgehead atoms. The Kier molecular flexibility index (Phi) is 4.29. The molecule has 0 aromatic carbocycles. The van der Waals surface area contributed by atoms with Crippen LogP contribution in [0.25, 0.3) is 0 Å². The maximum Gasteiger partial charge on any atom is 0.193 e. The smallest absolute Gasteiger partial charge is 0.193 e. The second kappa shape index (κ2) is 5.30. The predicted octanol–water partition coefficient (Wildman–Crippen LogP) is 1.97. The van der Waals surface area contributed by atoms with Gasteiger partial charge in [-0.15, -0.1) is 0 Å². The average molecular weight is 243 g/mol. The van der Waals surface area contributed by atoms with Gasteiger partial charge in [0.25, 0.3) is 0 Å². The summed E-state index contributed by atoms with van der Waals surface area (Å²) in [6.45, 7) is 4.44. The third kappa shape index (κ3) is 3.48. The van der Waals surface area contributed by atoms with Crippen molar-refractivity contribution in [1.29, 1.82) is 0 Å². The van der Waals surface area contributed by atoms with E-state index in [1.165, 1.54) is 6.20 Å². The van der Waals surface area contributed by atoms with E-state index in [-0.39, 0.29) is 5.03 Å². The molecule has 0 atom stereocenters. The SMILES string of the molecule is CCCCOc1cnc(S(C)(=O)=O)c(C)c1. The average Bonchev–Trinajstić information content (AvgIpc) is 2.16. The lowest BCUT2D eigenvalue weighted by Gasteiger charge is -2.07. The molecule has 0 aliphatic heterocycles. The Hall–Kier alpha value is -1.10. The van der Waals surface area contributed by atoms with Crippen LogP contribution in [0.1, 0.15) is 25.3 Å². The van der Waals surface area contributed by atoms with Crippen molar-refractivity contribution in [2.75, 3.05) is 12.9 Å². The molecule has 0 amide bonds. The molecule has 0 saturated carbocycles. The van der Waals surface area contributed by atoms with E-state index in [0.29, 0.717) is 17.9 Å². The molecule has 0 aliphatic carbocycles. The van der Waals surface area contributed by atoms with Gasteiger partial charge in [0.2, 0.25) is 0 Å². The molecule has 0 unspecified atom stereocenters. The Morgan fingerprint density at radius 1 is 1.44 bits per heavy atom. The van der Waals surface area contributed by atoms with E-state index in [9.17, 15) is 8.42 Å². The minimum absolute atomic E-state index is 0.121. The van der Waals surface area contributed by atoms with Crippen LogP contribution in [0.5, 0.6) is 5.75 Å². The Morgan fingerprint density at radius 3 is 2.62 bits per heavy atom. The van der Waals surface area contributed by atoms with Gasteiger partial charge in [-0.2, -0.15) is 0 Å². The van der Waals surface area contributed by atoms with Crippen molar-refractivity contribution in [3.63, 3.8) is 0 Å². The first-order valence-corrected chi connectivity index (χ1v) is 7.13. The lowest BCUT2D eigenvalue weighted by molar-refractivity contribution is 0.307. The van der Waals surface area contributed by atoms with Crippen molar-refractivity contribution in [2.45, 2.75) is 31.7 Å². The van der Waals surface area contributed by atoms with Crippen LogP contribution in [-0.2, 0) is 9.84 Å². The highest BCUT2D eigenvalue weighted by Crippen LogP contribution is 2.18. The van der Waals surface area contributed by atoms with Crippen molar-refractivity contribution in [3.8, 4) is 5.75 Å². The number of ether oxygens (including phenoxy) is 1. The molecule has 0 spiro atoms. The van der Waals surface area contributed by atoms with Gasteiger partial charge in [0.15, 0.2) is 14.9 Å². The molecule has 1 heterocycles. The monoisotopic (exact) mass is 243 g/mol. The molecule has 0 N–H and O–H groups in total. The summed E-state index contributed by atoms with van der Waals surface area (Å²) in [7, 11) is -3.24. The number of nitrogens with zero attached hydrogens (tertiary/aromatic N) is 1. The highest BCUT2D eigenvalue weighted by atomic mass is 32.2. The Bertz CT molecular complexity index is 454. The van der Waals surface area contributed by atoms with Crippen molar-refractivity contribution >= 4 is 9.84 Å². The summed E-state index contributed by atoms with van der Waals surface area (Å²) >= 11 is 0. The maximum absolute atomic E-state index is 11.3. The third-order valence-electron chi connectivity index (χ3n) is 2.12.